The molecule has 6 aliphatic rings. The first kappa shape index (κ1) is 43.0. The van der Waals surface area contributed by atoms with Crippen molar-refractivity contribution in [2.75, 3.05) is 51.4 Å². The molecule has 6 N–H and O–H groups in total. The number of hydrogen-bond donors (Lipinski definition) is 5. The molecule has 5 heterocycles. The SMILES string of the molecule is CC=C(C)C(=O)OC1(C)CC=C2CSSCC3C(CNC)CN3C(=O)CC3=C(C=C(N)NC3)C2C12Cc1cc3cc(C4(C(CO)CCCO)CCCC4)c(=O)oc3cc1O2. The number of nitrogens with zero attached hydrogens (tertiary/aromatic N) is 1. The summed E-state index contributed by atoms with van der Waals surface area (Å²) in [5.41, 5.74) is 8.58. The summed E-state index contributed by atoms with van der Waals surface area (Å²) < 4.78 is 20.2. The van der Waals surface area contributed by atoms with Crippen LogP contribution in [0.15, 0.2) is 73.8 Å². The standard InChI is InChI=1S/C46H60N4O8S2/c1-5-27(2)42(54)58-44(3)13-10-28-25-59-60-26-36-32(21-48-4)23-50(36)40(53)17-31-22-49-39(47)18-34(31)41(28)46(44)20-30-15-29-16-35(43(55)56-37(29)19-38(30)57-46)45(11-6-7-12-45)33(24-52)9-8-14-51/h5,10,15-16,18-19,32-33,36,41,48-49,51-52H,6-9,11-14,17,20-26,47H2,1-4H3. The highest BCUT2D eigenvalue weighted by atomic mass is 33.1. The number of carbonyl (C=O) groups is 2. The first-order valence-electron chi connectivity index (χ1n) is 21.6. The first-order chi connectivity index (χ1) is 28.9. The van der Waals surface area contributed by atoms with E-state index in [9.17, 15) is 24.6 Å². The summed E-state index contributed by atoms with van der Waals surface area (Å²) in [4.78, 5) is 44.1. The van der Waals surface area contributed by atoms with Crippen LogP contribution in [0.5, 0.6) is 5.75 Å². The number of benzene rings is 1. The number of rotatable bonds is 10. The van der Waals surface area contributed by atoms with Gasteiger partial charge in [0.25, 0.3) is 0 Å². The van der Waals surface area contributed by atoms with E-state index in [0.29, 0.717) is 78.7 Å². The Labute approximate surface area is 360 Å². The molecular formula is C46H60N4O8S2. The van der Waals surface area contributed by atoms with Gasteiger partial charge in [0.05, 0.1) is 18.2 Å². The Morgan fingerprint density at radius 1 is 1.20 bits per heavy atom. The number of nitrogens with two attached hydrogens (primary N) is 1. The molecule has 0 radical (unpaired) electrons. The van der Waals surface area contributed by atoms with Gasteiger partial charge >= 0.3 is 11.6 Å². The lowest BCUT2D eigenvalue weighted by Crippen LogP contribution is -2.65. The molecule has 1 amide bonds. The Morgan fingerprint density at radius 2 is 2.00 bits per heavy atom. The maximum Gasteiger partial charge on any atom is 0.340 e. The van der Waals surface area contributed by atoms with Crippen LogP contribution >= 0.6 is 21.6 Å². The molecule has 1 aromatic heterocycles. The van der Waals surface area contributed by atoms with Gasteiger partial charge in [0.1, 0.15) is 11.3 Å². The lowest BCUT2D eigenvalue weighted by Gasteiger charge is -2.53. The van der Waals surface area contributed by atoms with Crippen LogP contribution in [0, 0.1) is 17.8 Å². The van der Waals surface area contributed by atoms with Gasteiger partial charge in [-0.15, -0.1) is 0 Å². The van der Waals surface area contributed by atoms with Crippen LogP contribution in [0.1, 0.15) is 83.3 Å². The molecule has 8 rings (SSSR count). The van der Waals surface area contributed by atoms with Crippen molar-refractivity contribution in [3.63, 3.8) is 0 Å². The van der Waals surface area contributed by atoms with E-state index >= 15 is 0 Å². The molecule has 324 valence electrons. The fourth-order valence-corrected chi connectivity index (χ4v) is 13.6. The average molecular weight is 861 g/mol. The maximum absolute atomic E-state index is 14.2. The van der Waals surface area contributed by atoms with Crippen molar-refractivity contribution in [3.8, 4) is 5.75 Å². The Bertz CT molecular complexity index is 2210. The molecule has 4 aliphatic heterocycles. The fraction of sp³-hybridized carbons (Fsp3) is 0.587. The molecule has 14 heteroatoms. The second kappa shape index (κ2) is 17.2. The number of esters is 1. The summed E-state index contributed by atoms with van der Waals surface area (Å²) in [5.74, 6) is 1.97. The molecule has 1 saturated heterocycles. The lowest BCUT2D eigenvalue weighted by molar-refractivity contribution is -0.186. The van der Waals surface area contributed by atoms with Crippen LogP contribution in [0.3, 0.4) is 0 Å². The minimum absolute atomic E-state index is 0.0225. The topological polar surface area (TPSA) is 177 Å². The Kier molecular flexibility index (Phi) is 12.3. The number of allylic oxidation sites excluding steroid dienone is 2. The smallest absolute Gasteiger partial charge is 0.340 e. The number of hydrogen-bond acceptors (Lipinski definition) is 13. The van der Waals surface area contributed by atoms with Crippen molar-refractivity contribution in [1.82, 2.24) is 15.5 Å². The molecule has 6 unspecified atom stereocenters. The molecule has 0 bridgehead atoms. The maximum atomic E-state index is 14.2. The molecule has 2 fully saturated rings. The van der Waals surface area contributed by atoms with Crippen LogP contribution in [-0.4, -0.2) is 95.6 Å². The van der Waals surface area contributed by atoms with Crippen molar-refractivity contribution < 1.29 is 33.7 Å². The van der Waals surface area contributed by atoms with Crippen molar-refractivity contribution in [2.45, 2.75) is 101 Å². The molecule has 1 spiro atoms. The number of nitrogens with one attached hydrogen (secondary N) is 2. The number of ether oxygens (including phenoxy) is 2. The van der Waals surface area contributed by atoms with Gasteiger partial charge in [0, 0.05) is 97.2 Å². The highest BCUT2D eigenvalue weighted by molar-refractivity contribution is 8.76. The van der Waals surface area contributed by atoms with Crippen LogP contribution < -0.4 is 26.7 Å². The molecule has 1 aromatic carbocycles. The van der Waals surface area contributed by atoms with Gasteiger partial charge in [-0.3, -0.25) is 4.79 Å². The Hall–Kier alpha value is -3.69. The summed E-state index contributed by atoms with van der Waals surface area (Å²) in [5, 5.41) is 27.7. The van der Waals surface area contributed by atoms with E-state index in [4.69, 9.17) is 19.6 Å². The number of carbonyl (C=O) groups excluding carboxylic acids is 2. The zero-order chi connectivity index (χ0) is 42.4. The molecular weight excluding hydrogens is 801 g/mol. The normalized spacial score (nSPS) is 29.4. The second-order valence-electron chi connectivity index (χ2n) is 17.9. The van der Waals surface area contributed by atoms with Crippen LogP contribution in [-0.2, 0) is 26.2 Å². The highest BCUT2D eigenvalue weighted by Crippen LogP contribution is 2.58. The van der Waals surface area contributed by atoms with E-state index in [1.54, 1.807) is 40.7 Å². The minimum Gasteiger partial charge on any atom is -0.481 e. The third-order valence-corrected chi connectivity index (χ3v) is 16.9. The van der Waals surface area contributed by atoms with Gasteiger partial charge in [-0.05, 0) is 94.3 Å². The second-order valence-corrected chi connectivity index (χ2v) is 20.4. The third-order valence-electron chi connectivity index (χ3n) is 14.6. The van der Waals surface area contributed by atoms with Crippen LogP contribution in [0.25, 0.3) is 11.0 Å². The van der Waals surface area contributed by atoms with E-state index in [-0.39, 0.29) is 37.5 Å². The molecule has 1 saturated carbocycles. The van der Waals surface area contributed by atoms with Gasteiger partial charge in [-0.2, -0.15) is 0 Å². The van der Waals surface area contributed by atoms with Gasteiger partial charge in [-0.1, -0.05) is 52.2 Å². The van der Waals surface area contributed by atoms with Crippen molar-refractivity contribution >= 4 is 44.4 Å². The zero-order valence-corrected chi connectivity index (χ0v) is 36.9. The molecule has 12 nitrogen and oxygen atoms in total. The molecule has 2 aliphatic carbocycles. The lowest BCUT2D eigenvalue weighted by atomic mass is 9.61. The highest BCUT2D eigenvalue weighted by Gasteiger charge is 2.64. The van der Waals surface area contributed by atoms with E-state index in [1.165, 1.54) is 0 Å². The summed E-state index contributed by atoms with van der Waals surface area (Å²) >= 11 is 0. The van der Waals surface area contributed by atoms with Crippen molar-refractivity contribution in [1.29, 1.82) is 0 Å². The Morgan fingerprint density at radius 3 is 2.73 bits per heavy atom. The largest absolute Gasteiger partial charge is 0.481 e. The zero-order valence-electron chi connectivity index (χ0n) is 35.3. The minimum atomic E-state index is -1.18. The van der Waals surface area contributed by atoms with Crippen molar-refractivity contribution in [3.05, 3.63) is 86.1 Å². The third kappa shape index (κ3) is 7.41. The van der Waals surface area contributed by atoms with Gasteiger partial charge in [0.15, 0.2) is 11.2 Å². The van der Waals surface area contributed by atoms with E-state index in [2.05, 4.69) is 16.7 Å². The summed E-state index contributed by atoms with van der Waals surface area (Å²) in [6, 6.07) is 5.96. The quantitative estimate of drug-likeness (QED) is 0.0676. The first-order valence-corrected chi connectivity index (χ1v) is 24.1. The molecule has 6 atom stereocenters. The molecule has 60 heavy (non-hydrogen) atoms. The van der Waals surface area contributed by atoms with Crippen molar-refractivity contribution in [2.24, 2.45) is 23.5 Å². The summed E-state index contributed by atoms with van der Waals surface area (Å²) in [7, 11) is 5.52. The number of dihydropyridines is 1. The van der Waals surface area contributed by atoms with E-state index in [0.717, 1.165) is 65.6 Å². The number of amides is 1. The van der Waals surface area contributed by atoms with E-state index < -0.39 is 34.1 Å². The van der Waals surface area contributed by atoms with Gasteiger partial charge in [0.2, 0.25) is 5.91 Å². The van der Waals surface area contributed by atoms with Crippen LogP contribution in [0.4, 0.5) is 0 Å². The Balaban J connectivity index is 1.26. The predicted molar refractivity (Wildman–Crippen MR) is 236 cm³/mol. The van der Waals surface area contributed by atoms with Crippen LogP contribution in [0.2, 0.25) is 0 Å². The number of aliphatic hydroxyl groups excluding tert-OH is 2. The summed E-state index contributed by atoms with van der Waals surface area (Å²) in [6.07, 6.45) is 11.5. The monoisotopic (exact) mass is 860 g/mol. The van der Waals surface area contributed by atoms with Gasteiger partial charge in [-0.25, -0.2) is 9.59 Å². The van der Waals surface area contributed by atoms with Gasteiger partial charge < -0.3 is 45.4 Å². The average Bonchev–Trinajstić information content (AvgIpc) is 3.86. The van der Waals surface area contributed by atoms with E-state index in [1.807, 2.05) is 44.0 Å². The fourth-order valence-electron chi connectivity index (χ4n) is 11.1. The number of fused-ring (bicyclic) bond motifs is 6. The molecule has 2 aromatic rings. The predicted octanol–water partition coefficient (Wildman–Crippen LogP) is 5.41. The summed E-state index contributed by atoms with van der Waals surface area (Å²) in [6.45, 7) is 7.44. The number of aliphatic hydroxyl groups is 2.